The van der Waals surface area contributed by atoms with Crippen molar-refractivity contribution < 1.29 is 19.4 Å². The van der Waals surface area contributed by atoms with E-state index < -0.39 is 18.7 Å². The van der Waals surface area contributed by atoms with Gasteiger partial charge in [0, 0.05) is 17.3 Å². The predicted molar refractivity (Wildman–Crippen MR) is 95.7 cm³/mol. The van der Waals surface area contributed by atoms with Crippen LogP contribution in [-0.2, 0) is 4.79 Å². The third-order valence-electron chi connectivity index (χ3n) is 4.59. The van der Waals surface area contributed by atoms with Gasteiger partial charge in [0.1, 0.15) is 18.5 Å². The van der Waals surface area contributed by atoms with Gasteiger partial charge in [0.2, 0.25) is 0 Å². The molecule has 1 aliphatic rings. The zero-order valence-electron chi connectivity index (χ0n) is 14.8. The Kier molecular flexibility index (Phi) is 5.11. The normalized spacial score (nSPS) is 17.2. The summed E-state index contributed by atoms with van der Waals surface area (Å²) in [5.41, 5.74) is 2.07. The van der Waals surface area contributed by atoms with Gasteiger partial charge < -0.3 is 24.9 Å². The van der Waals surface area contributed by atoms with Crippen LogP contribution >= 0.6 is 0 Å². The fourth-order valence-corrected chi connectivity index (χ4v) is 3.12. The van der Waals surface area contributed by atoms with Crippen LogP contribution in [0.25, 0.3) is 0 Å². The fourth-order valence-electron chi connectivity index (χ4n) is 3.12. The molecular weight excluding hydrogens is 332 g/mol. The summed E-state index contributed by atoms with van der Waals surface area (Å²) in [5.74, 6) is -0.945. The van der Waals surface area contributed by atoms with Crippen LogP contribution in [-0.4, -0.2) is 29.4 Å². The lowest BCUT2D eigenvalue weighted by atomic mass is 10.0. The molecule has 0 radical (unpaired) electrons. The van der Waals surface area contributed by atoms with E-state index in [9.17, 15) is 14.7 Å². The van der Waals surface area contributed by atoms with Crippen molar-refractivity contribution in [3.8, 4) is 5.75 Å². The molecule has 0 fully saturated rings. The first kappa shape index (κ1) is 17.8. The summed E-state index contributed by atoms with van der Waals surface area (Å²) in [4.78, 5) is 25.7. The fraction of sp³-hybridized carbons (Fsp3) is 0.300. The quantitative estimate of drug-likeness (QED) is 0.861. The van der Waals surface area contributed by atoms with E-state index in [2.05, 4.69) is 5.32 Å². The molecule has 136 valence electrons. The van der Waals surface area contributed by atoms with Gasteiger partial charge in [-0.1, -0.05) is 37.3 Å². The summed E-state index contributed by atoms with van der Waals surface area (Å²) in [7, 11) is 0. The van der Waals surface area contributed by atoms with Crippen molar-refractivity contribution in [3.05, 3.63) is 59.7 Å². The molecular formula is C20H21N2O4-. The lowest BCUT2D eigenvalue weighted by molar-refractivity contribution is -0.307. The lowest BCUT2D eigenvalue weighted by Gasteiger charge is -2.42. The van der Waals surface area contributed by atoms with E-state index >= 15 is 0 Å². The van der Waals surface area contributed by atoms with Gasteiger partial charge in [0.05, 0.1) is 11.5 Å². The molecule has 0 unspecified atom stereocenters. The average molecular weight is 353 g/mol. The Morgan fingerprint density at radius 2 is 1.92 bits per heavy atom. The number of amides is 1. The number of anilines is 1. The lowest BCUT2D eigenvalue weighted by Crippen LogP contribution is -2.47. The molecule has 1 N–H and O–H groups in total. The molecule has 2 atom stereocenters. The number of fused-ring (bicyclic) bond motifs is 1. The van der Waals surface area contributed by atoms with E-state index in [0.29, 0.717) is 16.9 Å². The topological polar surface area (TPSA) is 81.7 Å². The van der Waals surface area contributed by atoms with E-state index in [1.54, 1.807) is 23.1 Å². The first-order valence-corrected chi connectivity index (χ1v) is 8.62. The largest absolute Gasteiger partial charge is 0.546 e. The maximum absolute atomic E-state index is 13.1. The third-order valence-corrected chi connectivity index (χ3v) is 4.59. The van der Waals surface area contributed by atoms with Crippen molar-refractivity contribution in [2.75, 3.05) is 11.9 Å². The number of nitrogens with zero attached hydrogens (tertiary/aromatic N) is 1. The highest BCUT2D eigenvalue weighted by atomic mass is 16.5. The second-order valence-corrected chi connectivity index (χ2v) is 6.26. The summed E-state index contributed by atoms with van der Waals surface area (Å²) < 4.78 is 5.40. The highest BCUT2D eigenvalue weighted by Gasteiger charge is 2.36. The van der Waals surface area contributed by atoms with E-state index in [-0.39, 0.29) is 11.9 Å². The first-order chi connectivity index (χ1) is 12.5. The molecule has 0 saturated heterocycles. The van der Waals surface area contributed by atoms with Gasteiger partial charge in [-0.15, -0.1) is 0 Å². The van der Waals surface area contributed by atoms with Crippen LogP contribution in [0.5, 0.6) is 5.75 Å². The van der Waals surface area contributed by atoms with Crippen molar-refractivity contribution in [2.24, 2.45) is 0 Å². The number of aliphatic carboxylic acids is 1. The van der Waals surface area contributed by atoms with Crippen LogP contribution in [0.1, 0.15) is 42.4 Å². The number of carbonyl (C=O) groups is 2. The molecule has 0 saturated carbocycles. The smallest absolute Gasteiger partial charge is 0.258 e. The number of benzene rings is 2. The van der Waals surface area contributed by atoms with Crippen molar-refractivity contribution in [1.29, 1.82) is 0 Å². The van der Waals surface area contributed by atoms with E-state index in [1.165, 1.54) is 0 Å². The van der Waals surface area contributed by atoms with Gasteiger partial charge >= 0.3 is 0 Å². The summed E-state index contributed by atoms with van der Waals surface area (Å²) in [6.45, 7) is 3.47. The first-order valence-electron chi connectivity index (χ1n) is 8.62. The molecule has 2 aromatic rings. The minimum atomic E-state index is -1.29. The minimum absolute atomic E-state index is 0.0115. The van der Waals surface area contributed by atoms with Crippen LogP contribution < -0.4 is 15.2 Å². The Labute approximate surface area is 152 Å². The Morgan fingerprint density at radius 1 is 1.23 bits per heavy atom. The van der Waals surface area contributed by atoms with Gasteiger partial charge in [-0.3, -0.25) is 4.79 Å². The molecule has 3 rings (SSSR count). The van der Waals surface area contributed by atoms with Crippen molar-refractivity contribution >= 4 is 17.6 Å². The summed E-state index contributed by atoms with van der Waals surface area (Å²) in [6, 6.07) is 14.5. The van der Waals surface area contributed by atoms with Gasteiger partial charge in [-0.05, 0) is 31.5 Å². The third kappa shape index (κ3) is 3.35. The Hall–Kier alpha value is -3.02. The molecule has 2 aromatic carbocycles. The SMILES string of the molecule is CC[C@H](C)N1C(=O)c2ccccc2N[C@@H]1c1ccccc1OCC(=O)[O-]. The number of para-hydroxylation sites is 2. The summed E-state index contributed by atoms with van der Waals surface area (Å²) in [5, 5.41) is 14.2. The van der Waals surface area contributed by atoms with Crippen LogP contribution in [0.15, 0.2) is 48.5 Å². The monoisotopic (exact) mass is 353 g/mol. The number of hydrogen-bond acceptors (Lipinski definition) is 5. The average Bonchev–Trinajstić information content (AvgIpc) is 2.66. The van der Waals surface area contributed by atoms with E-state index in [1.807, 2.05) is 44.2 Å². The number of carbonyl (C=O) groups excluding carboxylic acids is 2. The Morgan fingerprint density at radius 3 is 2.65 bits per heavy atom. The van der Waals surface area contributed by atoms with Crippen molar-refractivity contribution in [2.45, 2.75) is 32.5 Å². The van der Waals surface area contributed by atoms with Crippen molar-refractivity contribution in [1.82, 2.24) is 4.90 Å². The van der Waals surface area contributed by atoms with Gasteiger partial charge in [0.25, 0.3) is 5.91 Å². The molecule has 6 nitrogen and oxygen atoms in total. The molecule has 1 heterocycles. The summed E-state index contributed by atoms with van der Waals surface area (Å²) in [6.07, 6.45) is 0.332. The predicted octanol–water partition coefficient (Wildman–Crippen LogP) is 2.18. The number of nitrogens with one attached hydrogen (secondary N) is 1. The highest BCUT2D eigenvalue weighted by molar-refractivity contribution is 6.02. The van der Waals surface area contributed by atoms with Gasteiger partial charge in [-0.25, -0.2) is 0 Å². The standard InChI is InChI=1S/C20H22N2O4/c1-3-13(2)22-19(21-16-10-6-4-8-14(16)20(22)25)15-9-5-7-11-17(15)26-12-18(23)24/h4-11,13,19,21H,3,12H2,1-2H3,(H,23,24)/p-1/t13-,19-/m0/s1. The highest BCUT2D eigenvalue weighted by Crippen LogP contribution is 2.38. The molecule has 0 aliphatic carbocycles. The van der Waals surface area contributed by atoms with Gasteiger partial charge in [0.15, 0.2) is 0 Å². The number of ether oxygens (including phenoxy) is 1. The second-order valence-electron chi connectivity index (χ2n) is 6.26. The number of rotatable bonds is 6. The second kappa shape index (κ2) is 7.47. The zero-order valence-corrected chi connectivity index (χ0v) is 14.8. The molecule has 26 heavy (non-hydrogen) atoms. The van der Waals surface area contributed by atoms with Gasteiger partial charge in [-0.2, -0.15) is 0 Å². The number of carboxylic acid groups (broad SMARTS) is 1. The maximum Gasteiger partial charge on any atom is 0.258 e. The molecule has 1 aliphatic heterocycles. The van der Waals surface area contributed by atoms with Crippen LogP contribution in [0.3, 0.4) is 0 Å². The van der Waals surface area contributed by atoms with E-state index in [0.717, 1.165) is 12.1 Å². The van der Waals surface area contributed by atoms with Crippen molar-refractivity contribution in [3.63, 3.8) is 0 Å². The van der Waals surface area contributed by atoms with Crippen LogP contribution in [0.4, 0.5) is 5.69 Å². The molecule has 0 bridgehead atoms. The Bertz CT molecular complexity index is 821. The molecule has 0 aromatic heterocycles. The minimum Gasteiger partial charge on any atom is -0.546 e. The maximum atomic E-state index is 13.1. The number of carboxylic acids is 1. The Balaban J connectivity index is 2.05. The molecule has 6 heteroatoms. The van der Waals surface area contributed by atoms with Crippen LogP contribution in [0.2, 0.25) is 0 Å². The molecule has 0 spiro atoms. The zero-order chi connectivity index (χ0) is 18.7. The van der Waals surface area contributed by atoms with Crippen LogP contribution in [0, 0.1) is 0 Å². The summed E-state index contributed by atoms with van der Waals surface area (Å²) >= 11 is 0. The molecule has 1 amide bonds. The van der Waals surface area contributed by atoms with E-state index in [4.69, 9.17) is 4.74 Å². The number of hydrogen-bond donors (Lipinski definition) is 1.